The lowest BCUT2D eigenvalue weighted by molar-refractivity contribution is 0.0822. The highest BCUT2D eigenvalue weighted by molar-refractivity contribution is 5.74. The summed E-state index contributed by atoms with van der Waals surface area (Å²) in [5.74, 6) is 0.565. The minimum atomic E-state index is -1.01. The molecule has 1 aliphatic heterocycles. The number of piperidine rings is 1. The van der Waals surface area contributed by atoms with Gasteiger partial charge in [-0.2, -0.15) is 4.98 Å². The molecule has 2 N–H and O–H groups in total. The van der Waals surface area contributed by atoms with Crippen LogP contribution in [-0.4, -0.2) is 54.7 Å². The van der Waals surface area contributed by atoms with E-state index in [4.69, 9.17) is 0 Å². The Morgan fingerprint density at radius 2 is 1.79 bits per heavy atom. The van der Waals surface area contributed by atoms with Gasteiger partial charge in [0, 0.05) is 27.2 Å². The van der Waals surface area contributed by atoms with Crippen molar-refractivity contribution in [3.8, 4) is 0 Å². The molecule has 9 nitrogen and oxygen atoms in total. The van der Waals surface area contributed by atoms with E-state index in [9.17, 15) is 19.8 Å². The summed E-state index contributed by atoms with van der Waals surface area (Å²) < 4.78 is 4.00. The molecule has 1 saturated heterocycles. The fourth-order valence-electron chi connectivity index (χ4n) is 3.21. The monoisotopic (exact) mass is 337 g/mol. The largest absolute Gasteiger partial charge is 0.394 e. The molecule has 0 spiro atoms. The smallest absolute Gasteiger partial charge is 0.332 e. The number of anilines is 1. The number of imidazole rings is 1. The fraction of sp³-hybridized carbons (Fsp3) is 0.667. The maximum absolute atomic E-state index is 12.6. The maximum atomic E-state index is 12.6. The molecule has 0 bridgehead atoms. The van der Waals surface area contributed by atoms with Gasteiger partial charge < -0.3 is 19.7 Å². The third kappa shape index (κ3) is 2.63. The highest BCUT2D eigenvalue weighted by Gasteiger charge is 2.24. The average molecular weight is 337 g/mol. The molecule has 1 fully saturated rings. The molecule has 0 amide bonds. The van der Waals surface area contributed by atoms with Crippen molar-refractivity contribution in [1.29, 1.82) is 0 Å². The summed E-state index contributed by atoms with van der Waals surface area (Å²) >= 11 is 0. The van der Waals surface area contributed by atoms with Gasteiger partial charge in [0.05, 0.1) is 19.3 Å². The second-order valence-electron chi connectivity index (χ2n) is 6.28. The molecule has 0 radical (unpaired) electrons. The van der Waals surface area contributed by atoms with Crippen molar-refractivity contribution < 1.29 is 10.2 Å². The lowest BCUT2D eigenvalue weighted by atomic mass is 10.1. The normalized spacial score (nSPS) is 16.8. The van der Waals surface area contributed by atoms with Gasteiger partial charge in [0.2, 0.25) is 5.95 Å². The third-order valence-corrected chi connectivity index (χ3v) is 4.57. The Morgan fingerprint density at radius 3 is 2.42 bits per heavy atom. The molecule has 0 saturated carbocycles. The molecule has 0 unspecified atom stereocenters. The number of aliphatic hydroxyl groups is 2. The Kier molecular flexibility index (Phi) is 4.46. The SMILES string of the molecule is Cn1c(=O)c2c(nc(N3CCCCC3)n2C[C@@H](O)CO)n(C)c1=O. The highest BCUT2D eigenvalue weighted by atomic mass is 16.3. The van der Waals surface area contributed by atoms with E-state index in [1.807, 2.05) is 0 Å². The van der Waals surface area contributed by atoms with Crippen LogP contribution in [0, 0.1) is 0 Å². The number of aryl methyl sites for hydroxylation is 1. The molecule has 3 heterocycles. The molecule has 9 heteroatoms. The van der Waals surface area contributed by atoms with Crippen molar-refractivity contribution in [3.63, 3.8) is 0 Å². The lowest BCUT2D eigenvalue weighted by Crippen LogP contribution is -2.38. The number of aromatic nitrogens is 4. The average Bonchev–Trinajstić information content (AvgIpc) is 2.98. The van der Waals surface area contributed by atoms with E-state index in [0.717, 1.165) is 36.9 Å². The summed E-state index contributed by atoms with van der Waals surface area (Å²) in [6, 6.07) is 0. The highest BCUT2D eigenvalue weighted by Crippen LogP contribution is 2.23. The Bertz CT molecular complexity index is 859. The van der Waals surface area contributed by atoms with Crippen LogP contribution in [0.15, 0.2) is 9.59 Å². The Hall–Kier alpha value is -2.13. The van der Waals surface area contributed by atoms with Crippen LogP contribution in [0.1, 0.15) is 19.3 Å². The van der Waals surface area contributed by atoms with Gasteiger partial charge in [-0.15, -0.1) is 0 Å². The van der Waals surface area contributed by atoms with Crippen LogP contribution < -0.4 is 16.1 Å². The van der Waals surface area contributed by atoms with E-state index in [-0.39, 0.29) is 12.1 Å². The predicted molar refractivity (Wildman–Crippen MR) is 89.4 cm³/mol. The Morgan fingerprint density at radius 1 is 1.12 bits per heavy atom. The third-order valence-electron chi connectivity index (χ3n) is 4.57. The Balaban J connectivity index is 2.28. The first-order valence-electron chi connectivity index (χ1n) is 8.15. The number of hydrogen-bond donors (Lipinski definition) is 2. The summed E-state index contributed by atoms with van der Waals surface area (Å²) in [6.07, 6.45) is 2.20. The minimum absolute atomic E-state index is 0.0479. The number of nitrogens with zero attached hydrogens (tertiary/aromatic N) is 5. The van der Waals surface area contributed by atoms with E-state index in [0.29, 0.717) is 11.6 Å². The van der Waals surface area contributed by atoms with Crippen LogP contribution >= 0.6 is 0 Å². The molecule has 24 heavy (non-hydrogen) atoms. The van der Waals surface area contributed by atoms with E-state index in [1.165, 1.54) is 11.6 Å². The van der Waals surface area contributed by atoms with Gasteiger partial charge >= 0.3 is 5.69 Å². The van der Waals surface area contributed by atoms with Crippen molar-refractivity contribution >= 4 is 17.1 Å². The van der Waals surface area contributed by atoms with E-state index in [2.05, 4.69) is 9.88 Å². The number of aliphatic hydroxyl groups excluding tert-OH is 2. The summed E-state index contributed by atoms with van der Waals surface area (Å²) in [6.45, 7) is 1.26. The molecule has 3 rings (SSSR count). The van der Waals surface area contributed by atoms with Gasteiger partial charge in [-0.05, 0) is 19.3 Å². The van der Waals surface area contributed by atoms with E-state index in [1.54, 1.807) is 11.6 Å². The maximum Gasteiger partial charge on any atom is 0.332 e. The number of fused-ring (bicyclic) bond motifs is 1. The van der Waals surface area contributed by atoms with Crippen LogP contribution in [0.5, 0.6) is 0 Å². The molecule has 1 aliphatic rings. The van der Waals surface area contributed by atoms with Gasteiger partial charge in [0.15, 0.2) is 11.2 Å². The van der Waals surface area contributed by atoms with Crippen LogP contribution in [0.2, 0.25) is 0 Å². The standard InChI is InChI=1S/C15H23N5O4/c1-17-12-11(13(23)18(2)15(17)24)20(8-10(22)9-21)14(16-12)19-6-4-3-5-7-19/h10,21-22H,3-9H2,1-2H3/t10-/m1/s1. The van der Waals surface area contributed by atoms with Crippen molar-refractivity contribution in [2.45, 2.75) is 31.9 Å². The summed E-state index contributed by atoms with van der Waals surface area (Å²) in [5.41, 5.74) is -0.319. The Labute approximate surface area is 138 Å². The van der Waals surface area contributed by atoms with Gasteiger partial charge in [-0.25, -0.2) is 4.79 Å². The van der Waals surface area contributed by atoms with Crippen LogP contribution in [0.25, 0.3) is 11.2 Å². The number of rotatable bonds is 4. The fourth-order valence-corrected chi connectivity index (χ4v) is 3.21. The second-order valence-corrected chi connectivity index (χ2v) is 6.28. The van der Waals surface area contributed by atoms with Gasteiger partial charge in [0.25, 0.3) is 5.56 Å². The van der Waals surface area contributed by atoms with Crippen molar-refractivity contribution in [3.05, 3.63) is 20.8 Å². The minimum Gasteiger partial charge on any atom is -0.394 e. The van der Waals surface area contributed by atoms with Crippen LogP contribution in [0.4, 0.5) is 5.95 Å². The summed E-state index contributed by atoms with van der Waals surface area (Å²) in [7, 11) is 2.99. The second kappa shape index (κ2) is 6.40. The van der Waals surface area contributed by atoms with Crippen molar-refractivity contribution in [2.24, 2.45) is 14.1 Å². The summed E-state index contributed by atoms with van der Waals surface area (Å²) in [5, 5.41) is 19.1. The molecule has 2 aromatic heterocycles. The first-order chi connectivity index (χ1) is 11.5. The zero-order valence-corrected chi connectivity index (χ0v) is 14.0. The topological polar surface area (TPSA) is 106 Å². The van der Waals surface area contributed by atoms with Gasteiger partial charge in [-0.3, -0.25) is 13.9 Å². The molecule has 1 atom stereocenters. The van der Waals surface area contributed by atoms with Gasteiger partial charge in [0.1, 0.15) is 0 Å². The zero-order chi connectivity index (χ0) is 17.4. The van der Waals surface area contributed by atoms with Crippen molar-refractivity contribution in [1.82, 2.24) is 18.7 Å². The summed E-state index contributed by atoms with van der Waals surface area (Å²) in [4.78, 5) is 31.4. The zero-order valence-electron chi connectivity index (χ0n) is 14.0. The van der Waals surface area contributed by atoms with Crippen molar-refractivity contribution in [2.75, 3.05) is 24.6 Å². The number of hydrogen-bond acceptors (Lipinski definition) is 6. The first kappa shape index (κ1) is 16.7. The quantitative estimate of drug-likeness (QED) is 0.724. The molecule has 2 aromatic rings. The predicted octanol–water partition coefficient (Wildman–Crippen LogP) is -1.22. The van der Waals surface area contributed by atoms with E-state index < -0.39 is 24.0 Å². The molecular formula is C15H23N5O4. The molecule has 0 aromatic carbocycles. The molecular weight excluding hydrogens is 314 g/mol. The van der Waals surface area contributed by atoms with E-state index >= 15 is 0 Å². The molecule has 0 aliphatic carbocycles. The van der Waals surface area contributed by atoms with Crippen LogP contribution in [-0.2, 0) is 20.6 Å². The lowest BCUT2D eigenvalue weighted by Gasteiger charge is -2.28. The first-order valence-corrected chi connectivity index (χ1v) is 8.15. The van der Waals surface area contributed by atoms with Gasteiger partial charge in [-0.1, -0.05) is 0 Å². The van der Waals surface area contributed by atoms with Crippen LogP contribution in [0.3, 0.4) is 0 Å². The molecule has 132 valence electrons.